The minimum atomic E-state index is -0.0734. The summed E-state index contributed by atoms with van der Waals surface area (Å²) < 4.78 is 0. The molecule has 0 bridgehead atoms. The molecule has 7 heteroatoms. The number of carbonyl (C=O) groups excluding carboxylic acids is 3. The number of thioether (sulfide) groups is 1. The zero-order valence-corrected chi connectivity index (χ0v) is 15.3. The summed E-state index contributed by atoms with van der Waals surface area (Å²) in [7, 11) is 0. The van der Waals surface area contributed by atoms with Gasteiger partial charge in [0.05, 0.1) is 5.25 Å². The number of hydrogen-bond donors (Lipinski definition) is 1. The SMILES string of the molecule is CCCCSC(C)C(=O)NCCC(=O)N1CCN(C(C)=O)CC1. The van der Waals surface area contributed by atoms with Gasteiger partial charge in [-0.15, -0.1) is 11.8 Å². The molecule has 0 aliphatic carbocycles. The molecule has 1 unspecified atom stereocenters. The molecule has 1 saturated heterocycles. The highest BCUT2D eigenvalue weighted by molar-refractivity contribution is 8.00. The van der Waals surface area contributed by atoms with Crippen molar-refractivity contribution in [2.75, 3.05) is 38.5 Å². The summed E-state index contributed by atoms with van der Waals surface area (Å²) >= 11 is 1.65. The van der Waals surface area contributed by atoms with Crippen LogP contribution in [0, 0.1) is 0 Å². The van der Waals surface area contributed by atoms with Gasteiger partial charge in [-0.05, 0) is 19.1 Å². The molecule has 132 valence electrons. The van der Waals surface area contributed by atoms with Crippen molar-refractivity contribution in [1.29, 1.82) is 0 Å². The maximum absolute atomic E-state index is 12.1. The maximum Gasteiger partial charge on any atom is 0.232 e. The third-order valence-electron chi connectivity index (χ3n) is 3.95. The van der Waals surface area contributed by atoms with Crippen molar-refractivity contribution in [3.8, 4) is 0 Å². The number of carbonyl (C=O) groups is 3. The third kappa shape index (κ3) is 7.24. The lowest BCUT2D eigenvalue weighted by molar-refractivity contribution is -0.138. The largest absolute Gasteiger partial charge is 0.355 e. The predicted molar refractivity (Wildman–Crippen MR) is 93.3 cm³/mol. The summed E-state index contributed by atoms with van der Waals surface area (Å²) in [5.41, 5.74) is 0. The smallest absolute Gasteiger partial charge is 0.232 e. The molecule has 1 rings (SSSR count). The molecule has 1 atom stereocenters. The molecule has 0 aromatic heterocycles. The van der Waals surface area contributed by atoms with Crippen molar-refractivity contribution in [1.82, 2.24) is 15.1 Å². The van der Waals surface area contributed by atoms with Gasteiger partial charge in [0.2, 0.25) is 17.7 Å². The minimum Gasteiger partial charge on any atom is -0.355 e. The fourth-order valence-corrected chi connectivity index (χ4v) is 3.39. The van der Waals surface area contributed by atoms with Crippen molar-refractivity contribution >= 4 is 29.5 Å². The van der Waals surface area contributed by atoms with E-state index in [0.29, 0.717) is 39.1 Å². The second-order valence-electron chi connectivity index (χ2n) is 5.79. The van der Waals surface area contributed by atoms with E-state index in [1.807, 2.05) is 6.92 Å². The molecule has 0 aromatic carbocycles. The molecule has 23 heavy (non-hydrogen) atoms. The van der Waals surface area contributed by atoms with E-state index in [1.165, 1.54) is 0 Å². The van der Waals surface area contributed by atoms with Crippen LogP contribution >= 0.6 is 11.8 Å². The average Bonchev–Trinajstić information content (AvgIpc) is 2.54. The van der Waals surface area contributed by atoms with E-state index >= 15 is 0 Å². The Morgan fingerprint density at radius 1 is 1.13 bits per heavy atom. The Bertz CT molecular complexity index is 409. The van der Waals surface area contributed by atoms with Crippen LogP contribution in [0.1, 0.15) is 40.0 Å². The quantitative estimate of drug-likeness (QED) is 0.670. The summed E-state index contributed by atoms with van der Waals surface area (Å²) in [6, 6.07) is 0. The topological polar surface area (TPSA) is 69.7 Å². The molecule has 1 aliphatic heterocycles. The van der Waals surface area contributed by atoms with Crippen molar-refractivity contribution in [2.45, 2.75) is 45.3 Å². The molecule has 1 fully saturated rings. The van der Waals surface area contributed by atoms with Crippen LogP contribution in [0.4, 0.5) is 0 Å². The van der Waals surface area contributed by atoms with Crippen LogP contribution in [-0.4, -0.2) is 71.2 Å². The average molecular weight is 343 g/mol. The third-order valence-corrected chi connectivity index (χ3v) is 5.19. The van der Waals surface area contributed by atoms with E-state index in [9.17, 15) is 14.4 Å². The second-order valence-corrected chi connectivity index (χ2v) is 7.24. The van der Waals surface area contributed by atoms with Gasteiger partial charge in [-0.3, -0.25) is 14.4 Å². The molecule has 0 radical (unpaired) electrons. The lowest BCUT2D eigenvalue weighted by Gasteiger charge is -2.34. The fourth-order valence-electron chi connectivity index (χ4n) is 2.35. The summed E-state index contributed by atoms with van der Waals surface area (Å²) in [6.45, 7) is 8.31. The van der Waals surface area contributed by atoms with Crippen molar-refractivity contribution in [3.63, 3.8) is 0 Å². The zero-order valence-electron chi connectivity index (χ0n) is 14.5. The molecule has 0 saturated carbocycles. The normalized spacial score (nSPS) is 16.1. The molecule has 1 heterocycles. The first-order valence-electron chi connectivity index (χ1n) is 8.38. The molecule has 6 nitrogen and oxygen atoms in total. The van der Waals surface area contributed by atoms with Crippen LogP contribution in [0.25, 0.3) is 0 Å². The van der Waals surface area contributed by atoms with Crippen molar-refractivity contribution in [2.24, 2.45) is 0 Å². The first-order chi connectivity index (χ1) is 11.0. The highest BCUT2D eigenvalue weighted by Crippen LogP contribution is 2.12. The van der Waals surface area contributed by atoms with Crippen molar-refractivity contribution < 1.29 is 14.4 Å². The Balaban J connectivity index is 2.19. The molecular formula is C16H29N3O3S. The fraction of sp³-hybridized carbons (Fsp3) is 0.812. The van der Waals surface area contributed by atoms with Crippen LogP contribution in [-0.2, 0) is 14.4 Å². The van der Waals surface area contributed by atoms with Gasteiger partial charge in [0.15, 0.2) is 0 Å². The van der Waals surface area contributed by atoms with Crippen molar-refractivity contribution in [3.05, 3.63) is 0 Å². The number of nitrogens with one attached hydrogen (secondary N) is 1. The van der Waals surface area contributed by atoms with Crippen LogP contribution in [0.15, 0.2) is 0 Å². The lowest BCUT2D eigenvalue weighted by Crippen LogP contribution is -2.50. The number of hydrogen-bond acceptors (Lipinski definition) is 4. The molecule has 0 spiro atoms. The van der Waals surface area contributed by atoms with Gasteiger partial charge in [0, 0.05) is 46.1 Å². The van der Waals surface area contributed by atoms with Crippen LogP contribution < -0.4 is 5.32 Å². The van der Waals surface area contributed by atoms with E-state index in [-0.39, 0.29) is 23.0 Å². The van der Waals surface area contributed by atoms with Gasteiger partial charge in [-0.1, -0.05) is 13.3 Å². The van der Waals surface area contributed by atoms with E-state index in [4.69, 9.17) is 0 Å². The number of amides is 3. The Labute approximate surface area is 143 Å². The van der Waals surface area contributed by atoms with Gasteiger partial charge in [0.1, 0.15) is 0 Å². The predicted octanol–water partition coefficient (Wildman–Crippen LogP) is 1.11. The van der Waals surface area contributed by atoms with Gasteiger partial charge >= 0.3 is 0 Å². The molecule has 0 aromatic rings. The van der Waals surface area contributed by atoms with Gasteiger partial charge < -0.3 is 15.1 Å². The maximum atomic E-state index is 12.1. The first kappa shape index (κ1) is 19.8. The highest BCUT2D eigenvalue weighted by Gasteiger charge is 2.22. The van der Waals surface area contributed by atoms with Gasteiger partial charge in [0.25, 0.3) is 0 Å². The Hall–Kier alpha value is -1.24. The first-order valence-corrected chi connectivity index (χ1v) is 9.43. The van der Waals surface area contributed by atoms with E-state index in [1.54, 1.807) is 28.5 Å². The van der Waals surface area contributed by atoms with Crippen LogP contribution in [0.5, 0.6) is 0 Å². The lowest BCUT2D eigenvalue weighted by atomic mass is 10.2. The molecular weight excluding hydrogens is 314 g/mol. The van der Waals surface area contributed by atoms with E-state index in [2.05, 4.69) is 12.2 Å². The summed E-state index contributed by atoms with van der Waals surface area (Å²) in [4.78, 5) is 38.8. The number of nitrogens with zero attached hydrogens (tertiary/aromatic N) is 2. The van der Waals surface area contributed by atoms with Crippen LogP contribution in [0.3, 0.4) is 0 Å². The number of piperazine rings is 1. The Morgan fingerprint density at radius 2 is 1.74 bits per heavy atom. The molecule has 1 N–H and O–H groups in total. The summed E-state index contributed by atoms with van der Waals surface area (Å²) in [5, 5.41) is 2.76. The second kappa shape index (κ2) is 10.5. The Kier molecular flexibility index (Phi) is 9.06. The monoisotopic (exact) mass is 343 g/mol. The summed E-state index contributed by atoms with van der Waals surface area (Å²) in [6.07, 6.45) is 2.57. The number of unbranched alkanes of at least 4 members (excludes halogenated alkanes) is 1. The minimum absolute atomic E-state index is 0.000280. The van der Waals surface area contributed by atoms with E-state index < -0.39 is 0 Å². The molecule has 3 amide bonds. The Morgan fingerprint density at radius 3 is 2.30 bits per heavy atom. The highest BCUT2D eigenvalue weighted by atomic mass is 32.2. The van der Waals surface area contributed by atoms with Gasteiger partial charge in [-0.25, -0.2) is 0 Å². The summed E-state index contributed by atoms with van der Waals surface area (Å²) in [5.74, 6) is 1.09. The number of rotatable bonds is 8. The standard InChI is InChI=1S/C16H29N3O3S/c1-4-5-12-23-13(2)16(22)17-7-6-15(21)19-10-8-18(9-11-19)14(3)20/h13H,4-12H2,1-3H3,(H,17,22). The molecule has 1 aliphatic rings. The van der Waals surface area contributed by atoms with Gasteiger partial charge in [-0.2, -0.15) is 0 Å². The van der Waals surface area contributed by atoms with E-state index in [0.717, 1.165) is 18.6 Å². The van der Waals surface area contributed by atoms with Crippen LogP contribution in [0.2, 0.25) is 0 Å². The zero-order chi connectivity index (χ0) is 17.2.